The predicted octanol–water partition coefficient (Wildman–Crippen LogP) is 16.8. The van der Waals surface area contributed by atoms with Crippen LogP contribution in [0.4, 0.5) is 17.1 Å². The minimum Gasteiger partial charge on any atom is -0.310 e. The van der Waals surface area contributed by atoms with Crippen LogP contribution in [0.1, 0.15) is 47.2 Å². The first kappa shape index (κ1) is 38.7. The van der Waals surface area contributed by atoms with Gasteiger partial charge in [0.25, 0.3) is 0 Å². The SMILES string of the molecule is CC1(C)c2ccccc2-c2ccc(N(c3cccc(-c4ccc(-c5ccccc5)cc4)c3)c3ccc4c(c3)C(c3ccccc3)(c3cccc(-c5ccccc5)c3)c3ccccc3-4)cc21. The fraction of sp³-hybridized carbons (Fsp3) is 0.0625. The molecule has 2 aliphatic carbocycles. The molecule has 10 aromatic rings. The Hall–Kier alpha value is -8.00. The predicted molar refractivity (Wildman–Crippen MR) is 272 cm³/mol. The first-order chi connectivity index (χ1) is 32.0. The summed E-state index contributed by atoms with van der Waals surface area (Å²) < 4.78 is 0. The largest absolute Gasteiger partial charge is 0.310 e. The Morgan fingerprint density at radius 2 is 0.677 bits per heavy atom. The van der Waals surface area contributed by atoms with E-state index in [1.54, 1.807) is 0 Å². The van der Waals surface area contributed by atoms with Crippen LogP contribution in [0.2, 0.25) is 0 Å². The average Bonchev–Trinajstić information content (AvgIpc) is 3.80. The Labute approximate surface area is 382 Å². The Bertz CT molecular complexity index is 3380. The molecule has 308 valence electrons. The minimum absolute atomic E-state index is 0.151. The summed E-state index contributed by atoms with van der Waals surface area (Å²) in [6.45, 7) is 4.74. The van der Waals surface area contributed by atoms with Gasteiger partial charge in [0.1, 0.15) is 0 Å². The summed E-state index contributed by atoms with van der Waals surface area (Å²) in [5, 5.41) is 0. The maximum absolute atomic E-state index is 2.49. The maximum Gasteiger partial charge on any atom is 0.0714 e. The van der Waals surface area contributed by atoms with Gasteiger partial charge in [-0.25, -0.2) is 0 Å². The summed E-state index contributed by atoms with van der Waals surface area (Å²) in [7, 11) is 0. The molecule has 1 heteroatoms. The van der Waals surface area contributed by atoms with E-state index < -0.39 is 5.41 Å². The number of rotatable bonds is 8. The number of fused-ring (bicyclic) bond motifs is 6. The van der Waals surface area contributed by atoms with Crippen LogP contribution < -0.4 is 4.90 Å². The number of benzene rings is 10. The molecule has 0 aliphatic heterocycles. The molecule has 0 radical (unpaired) electrons. The Morgan fingerprint density at radius 1 is 0.262 bits per heavy atom. The number of anilines is 3. The van der Waals surface area contributed by atoms with Crippen LogP contribution in [0.25, 0.3) is 55.6 Å². The first-order valence-electron chi connectivity index (χ1n) is 22.7. The van der Waals surface area contributed by atoms with Crippen molar-refractivity contribution in [1.82, 2.24) is 0 Å². The van der Waals surface area contributed by atoms with Crippen molar-refractivity contribution in [2.75, 3.05) is 4.90 Å². The fourth-order valence-electron chi connectivity index (χ4n) is 11.0. The van der Waals surface area contributed by atoms with Crippen LogP contribution in [0.15, 0.2) is 249 Å². The van der Waals surface area contributed by atoms with E-state index in [4.69, 9.17) is 0 Å². The lowest BCUT2D eigenvalue weighted by Crippen LogP contribution is -2.29. The summed E-state index contributed by atoms with van der Waals surface area (Å²) in [5.41, 5.74) is 22.8. The molecule has 0 amide bonds. The van der Waals surface area contributed by atoms with Gasteiger partial charge in [-0.1, -0.05) is 220 Å². The van der Waals surface area contributed by atoms with Gasteiger partial charge in [-0.15, -0.1) is 0 Å². The molecule has 0 heterocycles. The van der Waals surface area contributed by atoms with Gasteiger partial charge in [0.05, 0.1) is 5.41 Å². The van der Waals surface area contributed by atoms with Crippen LogP contribution in [-0.2, 0) is 10.8 Å². The molecule has 1 nitrogen and oxygen atoms in total. The van der Waals surface area contributed by atoms with Crippen LogP contribution in [0.3, 0.4) is 0 Å². The lowest BCUT2D eigenvalue weighted by molar-refractivity contribution is 0.660. The smallest absolute Gasteiger partial charge is 0.0714 e. The highest BCUT2D eigenvalue weighted by molar-refractivity contribution is 5.91. The summed E-state index contributed by atoms with van der Waals surface area (Å²) in [5.74, 6) is 0. The zero-order chi connectivity index (χ0) is 43.5. The molecule has 12 rings (SSSR count). The van der Waals surface area contributed by atoms with Crippen LogP contribution in [-0.4, -0.2) is 0 Å². The quantitative estimate of drug-likeness (QED) is 0.147. The van der Waals surface area contributed by atoms with Gasteiger partial charge < -0.3 is 4.90 Å². The average molecular weight is 830 g/mol. The standard InChI is InChI=1S/C64H47N/c1-63(2)59-30-14-12-28-55(59)57-38-36-53(42-61(57)63)65(52-27-17-23-49(41-52)47-34-32-46(33-35-47)44-18-6-3-7-19-44)54-37-39-58-56-29-13-15-31-60(56)64(62(58)43-54,50-24-10-5-11-25-50)51-26-16-22-48(40-51)45-20-8-4-9-21-45/h3-43H,1-2H3. The summed E-state index contributed by atoms with van der Waals surface area (Å²) in [4.78, 5) is 2.49. The zero-order valence-corrected chi connectivity index (χ0v) is 36.6. The van der Waals surface area contributed by atoms with Crippen molar-refractivity contribution in [1.29, 1.82) is 0 Å². The van der Waals surface area contributed by atoms with E-state index in [1.165, 1.54) is 89.0 Å². The highest BCUT2D eigenvalue weighted by Crippen LogP contribution is 2.58. The molecule has 10 aromatic carbocycles. The molecule has 0 bridgehead atoms. The first-order valence-corrected chi connectivity index (χ1v) is 22.7. The van der Waals surface area contributed by atoms with E-state index >= 15 is 0 Å². The maximum atomic E-state index is 2.49. The third-order valence-electron chi connectivity index (χ3n) is 14.2. The van der Waals surface area contributed by atoms with Gasteiger partial charge in [0.2, 0.25) is 0 Å². The molecular formula is C64H47N. The Kier molecular flexibility index (Phi) is 9.14. The summed E-state index contributed by atoms with van der Waals surface area (Å²) in [6.07, 6.45) is 0. The Balaban J connectivity index is 1.08. The highest BCUT2D eigenvalue weighted by atomic mass is 15.1. The topological polar surface area (TPSA) is 3.24 Å². The van der Waals surface area contributed by atoms with Crippen molar-refractivity contribution in [2.45, 2.75) is 24.7 Å². The van der Waals surface area contributed by atoms with Crippen LogP contribution in [0, 0.1) is 0 Å². The van der Waals surface area contributed by atoms with E-state index in [2.05, 4.69) is 267 Å². The van der Waals surface area contributed by atoms with Crippen molar-refractivity contribution in [3.05, 3.63) is 282 Å². The van der Waals surface area contributed by atoms with Gasteiger partial charge in [-0.3, -0.25) is 0 Å². The molecule has 0 fully saturated rings. The molecule has 0 N–H and O–H groups in total. The zero-order valence-electron chi connectivity index (χ0n) is 36.6. The molecule has 1 unspecified atom stereocenters. The second-order valence-electron chi connectivity index (χ2n) is 18.1. The van der Waals surface area contributed by atoms with E-state index in [-0.39, 0.29) is 5.41 Å². The Morgan fingerprint density at radius 3 is 1.34 bits per heavy atom. The summed E-state index contributed by atoms with van der Waals surface area (Å²) in [6, 6.07) is 92.2. The van der Waals surface area contributed by atoms with Gasteiger partial charge in [-0.2, -0.15) is 0 Å². The van der Waals surface area contributed by atoms with Crippen molar-refractivity contribution >= 4 is 17.1 Å². The molecule has 0 spiro atoms. The number of hydrogen-bond acceptors (Lipinski definition) is 1. The van der Waals surface area contributed by atoms with Crippen LogP contribution >= 0.6 is 0 Å². The van der Waals surface area contributed by atoms with Gasteiger partial charge in [-0.05, 0) is 131 Å². The lowest BCUT2D eigenvalue weighted by Gasteiger charge is -2.35. The van der Waals surface area contributed by atoms with Gasteiger partial charge in [0, 0.05) is 22.5 Å². The summed E-state index contributed by atoms with van der Waals surface area (Å²) >= 11 is 0. The van der Waals surface area contributed by atoms with E-state index in [0.717, 1.165) is 17.1 Å². The number of nitrogens with zero attached hydrogens (tertiary/aromatic N) is 1. The molecule has 0 aromatic heterocycles. The van der Waals surface area contributed by atoms with E-state index in [0.29, 0.717) is 0 Å². The van der Waals surface area contributed by atoms with Crippen molar-refractivity contribution < 1.29 is 0 Å². The third kappa shape index (κ3) is 6.22. The monoisotopic (exact) mass is 829 g/mol. The van der Waals surface area contributed by atoms with E-state index in [1.807, 2.05) is 0 Å². The van der Waals surface area contributed by atoms with Gasteiger partial charge in [0.15, 0.2) is 0 Å². The second kappa shape index (κ2) is 15.4. The molecule has 2 aliphatic rings. The van der Waals surface area contributed by atoms with Crippen molar-refractivity contribution in [3.8, 4) is 55.6 Å². The molecule has 0 saturated heterocycles. The molecule has 65 heavy (non-hydrogen) atoms. The molecular weight excluding hydrogens is 783 g/mol. The normalized spacial score (nSPS) is 15.1. The van der Waals surface area contributed by atoms with Crippen molar-refractivity contribution in [2.24, 2.45) is 0 Å². The van der Waals surface area contributed by atoms with Gasteiger partial charge >= 0.3 is 0 Å². The number of hydrogen-bond donors (Lipinski definition) is 0. The third-order valence-corrected chi connectivity index (χ3v) is 14.2. The minimum atomic E-state index is -0.580. The fourth-order valence-corrected chi connectivity index (χ4v) is 11.0. The highest BCUT2D eigenvalue weighted by Gasteiger charge is 2.46. The van der Waals surface area contributed by atoms with E-state index in [9.17, 15) is 0 Å². The van der Waals surface area contributed by atoms with Crippen molar-refractivity contribution in [3.63, 3.8) is 0 Å². The van der Waals surface area contributed by atoms with Crippen LogP contribution in [0.5, 0.6) is 0 Å². The molecule has 0 saturated carbocycles. The lowest BCUT2D eigenvalue weighted by atomic mass is 9.67. The second-order valence-corrected chi connectivity index (χ2v) is 18.1. The molecule has 1 atom stereocenters.